The largest absolute Gasteiger partial charge is 0.376 e. The van der Waals surface area contributed by atoms with E-state index < -0.39 is 0 Å². The van der Waals surface area contributed by atoms with Crippen LogP contribution in [-0.2, 0) is 16.1 Å². The molecule has 0 bridgehead atoms. The molecule has 4 rings (SSSR count). The van der Waals surface area contributed by atoms with Crippen molar-refractivity contribution in [2.75, 3.05) is 33.0 Å². The van der Waals surface area contributed by atoms with Gasteiger partial charge in [-0.1, -0.05) is 53.7 Å². The molecule has 1 N–H and O–H groups in total. The molecule has 1 aliphatic rings. The molecule has 2 heterocycles. The van der Waals surface area contributed by atoms with Crippen LogP contribution in [0.5, 0.6) is 0 Å². The van der Waals surface area contributed by atoms with Crippen molar-refractivity contribution in [3.05, 3.63) is 69.5 Å². The third kappa shape index (κ3) is 5.99. The number of amides is 1. The first kappa shape index (κ1) is 24.7. The number of hydrogen-bond donors (Lipinski definition) is 1. The summed E-state index contributed by atoms with van der Waals surface area (Å²) in [7, 11) is 3.99. The van der Waals surface area contributed by atoms with Gasteiger partial charge in [0, 0.05) is 18.2 Å². The lowest BCUT2D eigenvalue weighted by atomic mass is 10.1. The van der Waals surface area contributed by atoms with Crippen LogP contribution in [0.2, 0.25) is 5.02 Å². The van der Waals surface area contributed by atoms with E-state index in [1.807, 2.05) is 32.3 Å². The molecule has 3 aromatic rings. The van der Waals surface area contributed by atoms with E-state index in [4.69, 9.17) is 16.3 Å². The predicted molar refractivity (Wildman–Crippen MR) is 137 cm³/mol. The smallest absolute Gasteiger partial charge is 0.262 e. The Bertz CT molecular complexity index is 1200. The van der Waals surface area contributed by atoms with Crippen molar-refractivity contribution >= 4 is 40.2 Å². The van der Waals surface area contributed by atoms with Gasteiger partial charge in [0.15, 0.2) is 5.16 Å². The van der Waals surface area contributed by atoms with Gasteiger partial charge in [0.2, 0.25) is 5.91 Å². The minimum absolute atomic E-state index is 0.0239. The molecule has 1 fully saturated rings. The second kappa shape index (κ2) is 11.4. The monoisotopic (exact) mass is 500 g/mol. The number of halogens is 1. The Balaban J connectivity index is 1.49. The number of aromatic nitrogens is 2. The van der Waals surface area contributed by atoms with Crippen LogP contribution < -0.4 is 10.9 Å². The summed E-state index contributed by atoms with van der Waals surface area (Å²) in [6, 6.07) is 15.2. The molecule has 0 radical (unpaired) electrons. The number of carbonyl (C=O) groups excluding carboxylic acids is 1. The first-order valence-corrected chi connectivity index (χ1v) is 12.7. The van der Waals surface area contributed by atoms with Gasteiger partial charge in [0.05, 0.1) is 35.3 Å². The number of fused-ring (bicyclic) bond motifs is 1. The van der Waals surface area contributed by atoms with E-state index in [9.17, 15) is 9.59 Å². The maximum Gasteiger partial charge on any atom is 0.262 e. The number of nitrogens with one attached hydrogen (secondary N) is 1. The number of carbonyl (C=O) groups is 1. The zero-order chi connectivity index (χ0) is 24.1. The molecule has 34 heavy (non-hydrogen) atoms. The fraction of sp³-hybridized carbons (Fsp3) is 0.400. The summed E-state index contributed by atoms with van der Waals surface area (Å²) >= 11 is 7.39. The topological polar surface area (TPSA) is 76.5 Å². The first-order chi connectivity index (χ1) is 16.4. The summed E-state index contributed by atoms with van der Waals surface area (Å²) in [6.07, 6.45) is 1.86. The highest BCUT2D eigenvalue weighted by Gasteiger charge is 2.21. The lowest BCUT2D eigenvalue weighted by molar-refractivity contribution is -0.118. The third-order valence-electron chi connectivity index (χ3n) is 5.93. The van der Waals surface area contributed by atoms with Crippen LogP contribution in [0.4, 0.5) is 0 Å². The Morgan fingerprint density at radius 2 is 2.09 bits per heavy atom. The van der Waals surface area contributed by atoms with Crippen molar-refractivity contribution < 1.29 is 9.53 Å². The van der Waals surface area contributed by atoms with E-state index in [0.29, 0.717) is 40.8 Å². The summed E-state index contributed by atoms with van der Waals surface area (Å²) in [5.74, 6) is 0.0378. The van der Waals surface area contributed by atoms with Gasteiger partial charge in [-0.2, -0.15) is 0 Å². The highest BCUT2D eigenvalue weighted by Crippen LogP contribution is 2.23. The van der Waals surface area contributed by atoms with Gasteiger partial charge in [-0.3, -0.25) is 14.2 Å². The average Bonchev–Trinajstić information content (AvgIpc) is 3.33. The number of benzene rings is 2. The zero-order valence-corrected chi connectivity index (χ0v) is 20.9. The van der Waals surface area contributed by atoms with E-state index >= 15 is 0 Å². The molecule has 0 unspecified atom stereocenters. The summed E-state index contributed by atoms with van der Waals surface area (Å²) in [5, 5.41) is 4.54. The van der Waals surface area contributed by atoms with Crippen LogP contribution in [0.3, 0.4) is 0 Å². The van der Waals surface area contributed by atoms with Crippen LogP contribution in [0.25, 0.3) is 10.9 Å². The molecule has 9 heteroatoms. The van der Waals surface area contributed by atoms with Crippen LogP contribution in [0.15, 0.2) is 58.5 Å². The number of thioether (sulfide) groups is 1. The summed E-state index contributed by atoms with van der Waals surface area (Å²) in [6.45, 7) is 1.61. The fourth-order valence-electron chi connectivity index (χ4n) is 4.10. The van der Waals surface area contributed by atoms with Crippen molar-refractivity contribution in [2.45, 2.75) is 36.7 Å². The van der Waals surface area contributed by atoms with Crippen molar-refractivity contribution in [1.29, 1.82) is 0 Å². The van der Waals surface area contributed by atoms with Crippen LogP contribution >= 0.6 is 23.4 Å². The lowest BCUT2D eigenvalue weighted by Gasteiger charge is -2.25. The van der Waals surface area contributed by atoms with Gasteiger partial charge in [-0.15, -0.1) is 0 Å². The molecule has 1 amide bonds. The standard InChI is InChI=1S/C25H29ClN4O3S/c1-29(2)22(17-7-4-3-5-8-17)14-27-23(31)16-34-25-28-21-13-18(26)10-11-20(21)24(32)30(25)15-19-9-6-12-33-19/h3-5,7-8,10-11,13,19,22H,6,9,12,14-16H2,1-2H3,(H,27,31)/t19-,22-/m1/s1. The quantitative estimate of drug-likeness (QED) is 0.356. The molecular weight excluding hydrogens is 472 g/mol. The van der Waals surface area contributed by atoms with Crippen molar-refractivity contribution in [3.63, 3.8) is 0 Å². The maximum atomic E-state index is 13.2. The molecule has 180 valence electrons. The fourth-order valence-corrected chi connectivity index (χ4v) is 5.11. The Morgan fingerprint density at radius 1 is 1.29 bits per heavy atom. The molecular formula is C25H29ClN4O3S. The molecule has 1 aliphatic heterocycles. The summed E-state index contributed by atoms with van der Waals surface area (Å²) < 4.78 is 7.39. The van der Waals surface area contributed by atoms with Crippen molar-refractivity contribution in [2.24, 2.45) is 0 Å². The SMILES string of the molecule is CN(C)[C@H](CNC(=O)CSc1nc2cc(Cl)ccc2c(=O)n1C[C@H]1CCCO1)c1ccccc1. The number of nitrogens with zero attached hydrogens (tertiary/aromatic N) is 3. The number of likely N-dealkylation sites (N-methyl/N-ethyl adjacent to an activating group) is 1. The third-order valence-corrected chi connectivity index (χ3v) is 7.14. The molecule has 0 saturated carbocycles. The molecule has 1 saturated heterocycles. The predicted octanol–water partition coefficient (Wildman–Crippen LogP) is 3.74. The van der Waals surface area contributed by atoms with Gasteiger partial charge in [-0.05, 0) is 50.7 Å². The summed E-state index contributed by atoms with van der Waals surface area (Å²) in [5.41, 5.74) is 1.52. The number of hydrogen-bond acceptors (Lipinski definition) is 6. The molecule has 1 aromatic heterocycles. The highest BCUT2D eigenvalue weighted by atomic mass is 35.5. The molecule has 2 atom stereocenters. The van der Waals surface area contributed by atoms with E-state index in [0.717, 1.165) is 18.4 Å². The Hall–Kier alpha value is -2.39. The summed E-state index contributed by atoms with van der Waals surface area (Å²) in [4.78, 5) is 32.7. The molecule has 0 spiro atoms. The second-order valence-corrected chi connectivity index (χ2v) is 9.97. The normalized spacial score (nSPS) is 16.8. The maximum absolute atomic E-state index is 13.2. The zero-order valence-electron chi connectivity index (χ0n) is 19.4. The number of rotatable bonds is 9. The molecule has 7 nitrogen and oxygen atoms in total. The Labute approximate surface area is 208 Å². The van der Waals surface area contributed by atoms with Crippen LogP contribution in [0, 0.1) is 0 Å². The number of ether oxygens (including phenoxy) is 1. The Kier molecular flexibility index (Phi) is 8.26. The van der Waals surface area contributed by atoms with Gasteiger partial charge in [-0.25, -0.2) is 4.98 Å². The lowest BCUT2D eigenvalue weighted by Crippen LogP contribution is -2.35. The van der Waals surface area contributed by atoms with E-state index in [2.05, 4.69) is 27.3 Å². The molecule has 0 aliphatic carbocycles. The van der Waals surface area contributed by atoms with Gasteiger partial charge in [0.25, 0.3) is 5.56 Å². The van der Waals surface area contributed by atoms with Gasteiger partial charge < -0.3 is 15.0 Å². The van der Waals surface area contributed by atoms with Crippen molar-refractivity contribution in [1.82, 2.24) is 19.8 Å². The van der Waals surface area contributed by atoms with E-state index in [-0.39, 0.29) is 29.4 Å². The van der Waals surface area contributed by atoms with Gasteiger partial charge >= 0.3 is 0 Å². The van der Waals surface area contributed by atoms with Crippen LogP contribution in [-0.4, -0.2) is 59.5 Å². The first-order valence-electron chi connectivity index (χ1n) is 11.3. The highest BCUT2D eigenvalue weighted by molar-refractivity contribution is 7.99. The van der Waals surface area contributed by atoms with Crippen molar-refractivity contribution in [3.8, 4) is 0 Å². The average molecular weight is 501 g/mol. The van der Waals surface area contributed by atoms with Gasteiger partial charge in [0.1, 0.15) is 0 Å². The Morgan fingerprint density at radius 3 is 2.79 bits per heavy atom. The second-order valence-electron chi connectivity index (χ2n) is 8.59. The van der Waals surface area contributed by atoms with E-state index in [1.165, 1.54) is 11.8 Å². The minimum atomic E-state index is -0.142. The van der Waals surface area contributed by atoms with Crippen LogP contribution in [0.1, 0.15) is 24.4 Å². The molecule has 2 aromatic carbocycles. The van der Waals surface area contributed by atoms with E-state index in [1.54, 1.807) is 22.8 Å². The minimum Gasteiger partial charge on any atom is -0.376 e.